The highest BCUT2D eigenvalue weighted by molar-refractivity contribution is 8.00. The Hall–Kier alpha value is -1.82. The largest absolute Gasteiger partial charge is 0.341 e. The Labute approximate surface area is 146 Å². The van der Waals surface area contributed by atoms with Gasteiger partial charge in [-0.1, -0.05) is 42.1 Å². The summed E-state index contributed by atoms with van der Waals surface area (Å²) in [5.41, 5.74) is 1.04. The van der Waals surface area contributed by atoms with E-state index < -0.39 is 0 Å². The molecule has 1 aliphatic carbocycles. The van der Waals surface area contributed by atoms with Gasteiger partial charge in [-0.15, -0.1) is 10.2 Å². The van der Waals surface area contributed by atoms with Crippen molar-refractivity contribution in [3.8, 4) is 0 Å². The molecule has 1 aromatic carbocycles. The van der Waals surface area contributed by atoms with E-state index in [0.29, 0.717) is 6.04 Å². The second-order valence-electron chi connectivity index (χ2n) is 6.55. The number of benzene rings is 1. The summed E-state index contributed by atoms with van der Waals surface area (Å²) in [4.78, 5) is 15.2. The zero-order valence-corrected chi connectivity index (χ0v) is 14.5. The zero-order chi connectivity index (χ0) is 16.4. The fourth-order valence-corrected chi connectivity index (χ4v) is 4.36. The van der Waals surface area contributed by atoms with E-state index in [0.717, 1.165) is 36.7 Å². The molecule has 2 aliphatic rings. The summed E-state index contributed by atoms with van der Waals surface area (Å²) in [7, 11) is 0. The summed E-state index contributed by atoms with van der Waals surface area (Å²) < 4.78 is 2.13. The first-order valence-electron chi connectivity index (χ1n) is 8.73. The minimum Gasteiger partial charge on any atom is -0.341 e. The lowest BCUT2D eigenvalue weighted by Gasteiger charge is -2.30. The molecule has 0 radical (unpaired) electrons. The van der Waals surface area contributed by atoms with Crippen LogP contribution in [-0.2, 0) is 4.79 Å². The van der Waals surface area contributed by atoms with E-state index in [2.05, 4.69) is 14.8 Å². The van der Waals surface area contributed by atoms with Gasteiger partial charge in [-0.3, -0.25) is 4.79 Å². The molecule has 1 unspecified atom stereocenters. The minimum atomic E-state index is -0.244. The SMILES string of the molecule is O=C(C(Sc1nncn1C1CC1)c1ccccc1)N1CCCCC1. The van der Waals surface area contributed by atoms with Crippen molar-refractivity contribution in [2.24, 2.45) is 0 Å². The average Bonchev–Trinajstić information content (AvgIpc) is 3.39. The van der Waals surface area contributed by atoms with Gasteiger partial charge in [-0.05, 0) is 37.7 Å². The number of nitrogens with zero attached hydrogens (tertiary/aromatic N) is 4. The van der Waals surface area contributed by atoms with Crippen LogP contribution in [0.15, 0.2) is 41.8 Å². The average molecular weight is 342 g/mol. The quantitative estimate of drug-likeness (QED) is 0.781. The van der Waals surface area contributed by atoms with Crippen LogP contribution in [0.3, 0.4) is 0 Å². The number of carbonyl (C=O) groups is 1. The molecule has 1 atom stereocenters. The normalized spacial score (nSPS) is 19.2. The molecule has 0 bridgehead atoms. The third kappa shape index (κ3) is 3.34. The third-order valence-electron chi connectivity index (χ3n) is 4.70. The highest BCUT2D eigenvalue weighted by Crippen LogP contribution is 2.41. The maximum Gasteiger partial charge on any atom is 0.240 e. The fourth-order valence-electron chi connectivity index (χ4n) is 3.19. The molecule has 6 heteroatoms. The van der Waals surface area contributed by atoms with Crippen molar-refractivity contribution in [2.45, 2.75) is 48.6 Å². The van der Waals surface area contributed by atoms with Gasteiger partial charge < -0.3 is 9.47 Å². The van der Waals surface area contributed by atoms with E-state index in [-0.39, 0.29) is 11.2 Å². The molecule has 126 valence electrons. The number of likely N-dealkylation sites (tertiary alicyclic amines) is 1. The Kier molecular flexibility index (Phi) is 4.56. The van der Waals surface area contributed by atoms with Gasteiger partial charge in [0.25, 0.3) is 0 Å². The molecular formula is C18H22N4OS. The molecule has 1 aliphatic heterocycles. The number of hydrogen-bond acceptors (Lipinski definition) is 4. The molecule has 2 aromatic rings. The monoisotopic (exact) mass is 342 g/mol. The maximum absolute atomic E-state index is 13.2. The van der Waals surface area contributed by atoms with Crippen molar-refractivity contribution < 1.29 is 4.79 Å². The van der Waals surface area contributed by atoms with Gasteiger partial charge in [-0.25, -0.2) is 0 Å². The molecule has 24 heavy (non-hydrogen) atoms. The third-order valence-corrected chi connectivity index (χ3v) is 5.91. The van der Waals surface area contributed by atoms with Gasteiger partial charge in [0.15, 0.2) is 5.16 Å². The van der Waals surface area contributed by atoms with Crippen LogP contribution in [0.4, 0.5) is 0 Å². The number of amides is 1. The van der Waals surface area contributed by atoms with Gasteiger partial charge in [0.2, 0.25) is 5.91 Å². The van der Waals surface area contributed by atoms with E-state index >= 15 is 0 Å². The van der Waals surface area contributed by atoms with E-state index in [4.69, 9.17) is 0 Å². The molecule has 1 saturated heterocycles. The molecule has 0 N–H and O–H groups in total. The molecule has 2 fully saturated rings. The van der Waals surface area contributed by atoms with E-state index in [1.54, 1.807) is 18.1 Å². The Balaban J connectivity index is 1.60. The van der Waals surface area contributed by atoms with Crippen LogP contribution in [-0.4, -0.2) is 38.7 Å². The van der Waals surface area contributed by atoms with Crippen molar-refractivity contribution >= 4 is 17.7 Å². The lowest BCUT2D eigenvalue weighted by Crippen LogP contribution is -2.38. The molecule has 2 heterocycles. The van der Waals surface area contributed by atoms with Gasteiger partial charge in [0.1, 0.15) is 11.6 Å². The van der Waals surface area contributed by atoms with Crippen molar-refractivity contribution in [1.29, 1.82) is 0 Å². The maximum atomic E-state index is 13.2. The Morgan fingerprint density at radius 3 is 2.58 bits per heavy atom. The first-order valence-corrected chi connectivity index (χ1v) is 9.61. The van der Waals surface area contributed by atoms with Crippen molar-refractivity contribution in [1.82, 2.24) is 19.7 Å². The van der Waals surface area contributed by atoms with Crippen molar-refractivity contribution in [3.05, 3.63) is 42.2 Å². The number of carbonyl (C=O) groups excluding carboxylic acids is 1. The van der Waals surface area contributed by atoms with Gasteiger partial charge in [0.05, 0.1) is 0 Å². The molecule has 4 rings (SSSR count). The number of piperidine rings is 1. The topological polar surface area (TPSA) is 51.0 Å². The fraction of sp³-hybridized carbons (Fsp3) is 0.500. The van der Waals surface area contributed by atoms with Crippen molar-refractivity contribution in [3.63, 3.8) is 0 Å². The predicted molar refractivity (Wildman–Crippen MR) is 93.8 cm³/mol. The smallest absolute Gasteiger partial charge is 0.240 e. The van der Waals surface area contributed by atoms with Crippen LogP contribution in [0.2, 0.25) is 0 Å². The van der Waals surface area contributed by atoms with Crippen LogP contribution in [0, 0.1) is 0 Å². The molecule has 1 amide bonds. The Bertz CT molecular complexity index is 692. The van der Waals surface area contributed by atoms with Gasteiger partial charge >= 0.3 is 0 Å². The molecule has 5 nitrogen and oxygen atoms in total. The minimum absolute atomic E-state index is 0.205. The number of thioether (sulfide) groups is 1. The van der Waals surface area contributed by atoms with Crippen molar-refractivity contribution in [2.75, 3.05) is 13.1 Å². The second-order valence-corrected chi connectivity index (χ2v) is 7.62. The molecule has 0 spiro atoms. The first kappa shape index (κ1) is 15.7. The van der Waals surface area contributed by atoms with E-state index in [9.17, 15) is 4.79 Å². The lowest BCUT2D eigenvalue weighted by atomic mass is 10.1. The summed E-state index contributed by atoms with van der Waals surface area (Å²) in [6.07, 6.45) is 7.60. The number of hydrogen-bond donors (Lipinski definition) is 0. The van der Waals surface area contributed by atoms with E-state index in [1.807, 2.05) is 35.2 Å². The van der Waals surface area contributed by atoms with Crippen LogP contribution in [0.1, 0.15) is 49.0 Å². The van der Waals surface area contributed by atoms with Crippen LogP contribution >= 0.6 is 11.8 Å². The number of rotatable bonds is 5. The molecule has 1 aromatic heterocycles. The molecule has 1 saturated carbocycles. The molecular weight excluding hydrogens is 320 g/mol. The summed E-state index contributed by atoms with van der Waals surface area (Å²) in [6.45, 7) is 1.75. The summed E-state index contributed by atoms with van der Waals surface area (Å²) >= 11 is 1.54. The van der Waals surface area contributed by atoms with E-state index in [1.165, 1.54) is 19.3 Å². The number of aromatic nitrogens is 3. The summed E-state index contributed by atoms with van der Waals surface area (Å²) in [5.74, 6) is 0.205. The van der Waals surface area contributed by atoms with Crippen LogP contribution < -0.4 is 0 Å². The highest BCUT2D eigenvalue weighted by Gasteiger charge is 2.32. The summed E-state index contributed by atoms with van der Waals surface area (Å²) in [6, 6.07) is 10.6. The highest BCUT2D eigenvalue weighted by atomic mass is 32.2. The van der Waals surface area contributed by atoms with Gasteiger partial charge in [-0.2, -0.15) is 0 Å². The Morgan fingerprint density at radius 1 is 1.12 bits per heavy atom. The van der Waals surface area contributed by atoms with Gasteiger partial charge in [0, 0.05) is 19.1 Å². The van der Waals surface area contributed by atoms with Crippen LogP contribution in [0.5, 0.6) is 0 Å². The predicted octanol–water partition coefficient (Wildman–Crippen LogP) is 3.46. The first-order chi connectivity index (χ1) is 11.8. The standard InChI is InChI=1S/C18H22N4OS/c23-17(21-11-5-2-6-12-21)16(14-7-3-1-4-8-14)24-18-20-19-13-22(18)15-9-10-15/h1,3-4,7-8,13,15-16H,2,5-6,9-12H2. The second kappa shape index (κ2) is 6.97. The Morgan fingerprint density at radius 2 is 1.88 bits per heavy atom. The van der Waals surface area contributed by atoms with Crippen LogP contribution in [0.25, 0.3) is 0 Å². The lowest BCUT2D eigenvalue weighted by molar-refractivity contribution is -0.131. The zero-order valence-electron chi connectivity index (χ0n) is 13.7. The summed E-state index contributed by atoms with van der Waals surface area (Å²) in [5, 5.41) is 8.96.